The quantitative estimate of drug-likeness (QED) is 0.715. The maximum absolute atomic E-state index is 10.9. The summed E-state index contributed by atoms with van der Waals surface area (Å²) in [6.07, 6.45) is -0.205. The lowest BCUT2D eigenvalue weighted by molar-refractivity contribution is -0.145. The van der Waals surface area contributed by atoms with Crippen molar-refractivity contribution in [1.29, 1.82) is 0 Å². The highest BCUT2D eigenvalue weighted by Crippen LogP contribution is 2.26. The van der Waals surface area contributed by atoms with Gasteiger partial charge in [-0.15, -0.1) is 0 Å². The molecule has 1 atom stereocenters. The first-order chi connectivity index (χ1) is 7.68. The molecule has 0 aliphatic carbocycles. The Bertz CT molecular complexity index is 512. The van der Waals surface area contributed by atoms with E-state index in [-0.39, 0.29) is 12.1 Å². The lowest BCUT2D eigenvalue weighted by Gasteiger charge is -2.14. The zero-order valence-corrected chi connectivity index (χ0v) is 9.44. The van der Waals surface area contributed by atoms with Crippen LogP contribution in [0.25, 0.3) is 10.8 Å². The Kier molecular flexibility index (Phi) is 2.91. The van der Waals surface area contributed by atoms with E-state index in [1.807, 2.05) is 37.3 Å². The van der Waals surface area contributed by atoms with Gasteiger partial charge in [-0.3, -0.25) is 4.79 Å². The van der Waals surface area contributed by atoms with E-state index in [1.165, 1.54) is 12.3 Å². The molecule has 2 nitrogen and oxygen atoms in total. The molecule has 0 N–H and O–H groups in total. The van der Waals surface area contributed by atoms with E-state index in [0.717, 1.165) is 10.9 Å². The third-order valence-electron chi connectivity index (χ3n) is 2.60. The van der Waals surface area contributed by atoms with Crippen LogP contribution in [0, 0.1) is 0 Å². The highest BCUT2D eigenvalue weighted by molar-refractivity contribution is 5.86. The van der Waals surface area contributed by atoms with Gasteiger partial charge in [0.15, 0.2) is 0 Å². The average molecular weight is 214 g/mol. The van der Waals surface area contributed by atoms with Crippen molar-refractivity contribution in [2.24, 2.45) is 0 Å². The third kappa shape index (κ3) is 2.06. The Labute approximate surface area is 94.8 Å². The fourth-order valence-corrected chi connectivity index (χ4v) is 1.92. The van der Waals surface area contributed by atoms with Crippen molar-refractivity contribution in [2.75, 3.05) is 0 Å². The summed E-state index contributed by atoms with van der Waals surface area (Å²) < 4.78 is 5.21. The van der Waals surface area contributed by atoms with Crippen molar-refractivity contribution in [3.05, 3.63) is 48.0 Å². The van der Waals surface area contributed by atoms with Gasteiger partial charge in [0.05, 0.1) is 0 Å². The molecule has 1 unspecified atom stereocenters. The zero-order valence-electron chi connectivity index (χ0n) is 9.44. The van der Waals surface area contributed by atoms with E-state index >= 15 is 0 Å². The van der Waals surface area contributed by atoms with Gasteiger partial charge in [-0.1, -0.05) is 42.5 Å². The average Bonchev–Trinajstić information content (AvgIpc) is 2.27. The number of ether oxygens (including phenoxy) is 1. The Morgan fingerprint density at radius 2 is 1.81 bits per heavy atom. The Morgan fingerprint density at radius 1 is 1.12 bits per heavy atom. The molecule has 82 valence electrons. The fraction of sp³-hybridized carbons (Fsp3) is 0.214. The highest BCUT2D eigenvalue weighted by atomic mass is 16.5. The van der Waals surface area contributed by atoms with Crippen LogP contribution in [0.15, 0.2) is 42.5 Å². The summed E-state index contributed by atoms with van der Waals surface area (Å²) in [5.41, 5.74) is 1.05. The van der Waals surface area contributed by atoms with Gasteiger partial charge in [0.2, 0.25) is 0 Å². The topological polar surface area (TPSA) is 26.3 Å². The van der Waals surface area contributed by atoms with Gasteiger partial charge in [-0.25, -0.2) is 0 Å². The van der Waals surface area contributed by atoms with Crippen LogP contribution in [0.4, 0.5) is 0 Å². The Balaban J connectivity index is 2.47. The van der Waals surface area contributed by atoms with Gasteiger partial charge in [0, 0.05) is 6.92 Å². The molecule has 0 aliphatic heterocycles. The van der Waals surface area contributed by atoms with Gasteiger partial charge >= 0.3 is 5.97 Å². The maximum Gasteiger partial charge on any atom is 0.303 e. The predicted molar refractivity (Wildman–Crippen MR) is 64.1 cm³/mol. The second-order valence-corrected chi connectivity index (χ2v) is 3.82. The number of esters is 1. The summed E-state index contributed by atoms with van der Waals surface area (Å²) in [4.78, 5) is 10.9. The van der Waals surface area contributed by atoms with Crippen molar-refractivity contribution in [2.45, 2.75) is 20.0 Å². The van der Waals surface area contributed by atoms with E-state index in [9.17, 15) is 4.79 Å². The van der Waals surface area contributed by atoms with E-state index < -0.39 is 0 Å². The van der Waals surface area contributed by atoms with Crippen molar-refractivity contribution in [3.8, 4) is 0 Å². The van der Waals surface area contributed by atoms with Crippen LogP contribution in [0.5, 0.6) is 0 Å². The molecule has 16 heavy (non-hydrogen) atoms. The number of carbonyl (C=O) groups excluding carboxylic acids is 1. The summed E-state index contributed by atoms with van der Waals surface area (Å²) in [5, 5.41) is 2.30. The van der Waals surface area contributed by atoms with Gasteiger partial charge in [-0.05, 0) is 23.3 Å². The SMILES string of the molecule is CC(=O)OC(C)c1cccc2ccccc12. The smallest absolute Gasteiger partial charge is 0.303 e. The maximum atomic E-state index is 10.9. The molecule has 2 aromatic carbocycles. The van der Waals surface area contributed by atoms with E-state index in [1.54, 1.807) is 0 Å². The molecule has 2 aromatic rings. The zero-order chi connectivity index (χ0) is 11.5. The van der Waals surface area contributed by atoms with Crippen molar-refractivity contribution in [3.63, 3.8) is 0 Å². The lowest BCUT2D eigenvalue weighted by atomic mass is 10.0. The number of carbonyl (C=O) groups is 1. The summed E-state index contributed by atoms with van der Waals surface area (Å²) in [6.45, 7) is 3.32. The molecular weight excluding hydrogens is 200 g/mol. The second kappa shape index (κ2) is 4.35. The molecule has 0 aromatic heterocycles. The van der Waals surface area contributed by atoms with Gasteiger partial charge in [0.25, 0.3) is 0 Å². The minimum atomic E-state index is -0.250. The van der Waals surface area contributed by atoms with E-state index in [4.69, 9.17) is 4.74 Å². The number of hydrogen-bond acceptors (Lipinski definition) is 2. The van der Waals surface area contributed by atoms with Crippen LogP contribution in [-0.4, -0.2) is 5.97 Å². The normalized spacial score (nSPS) is 12.4. The number of hydrogen-bond donors (Lipinski definition) is 0. The number of fused-ring (bicyclic) bond motifs is 1. The minimum Gasteiger partial charge on any atom is -0.458 e. The van der Waals surface area contributed by atoms with Crippen LogP contribution < -0.4 is 0 Å². The Hall–Kier alpha value is -1.83. The minimum absolute atomic E-state index is 0.205. The predicted octanol–water partition coefficient (Wildman–Crippen LogP) is 3.46. The summed E-state index contributed by atoms with van der Waals surface area (Å²) >= 11 is 0. The van der Waals surface area contributed by atoms with Crippen molar-refractivity contribution >= 4 is 16.7 Å². The molecule has 2 heteroatoms. The first-order valence-electron chi connectivity index (χ1n) is 5.33. The summed E-state index contributed by atoms with van der Waals surface area (Å²) in [7, 11) is 0. The van der Waals surface area contributed by atoms with Crippen molar-refractivity contribution in [1.82, 2.24) is 0 Å². The van der Waals surface area contributed by atoms with Crippen molar-refractivity contribution < 1.29 is 9.53 Å². The third-order valence-corrected chi connectivity index (χ3v) is 2.60. The van der Waals surface area contributed by atoms with Crippen LogP contribution in [0.3, 0.4) is 0 Å². The largest absolute Gasteiger partial charge is 0.458 e. The van der Waals surface area contributed by atoms with Gasteiger partial charge < -0.3 is 4.74 Å². The molecule has 0 heterocycles. The molecule has 0 fully saturated rings. The molecule has 2 rings (SSSR count). The van der Waals surface area contributed by atoms with Gasteiger partial charge in [-0.2, -0.15) is 0 Å². The second-order valence-electron chi connectivity index (χ2n) is 3.82. The first kappa shape index (κ1) is 10.7. The molecule has 0 bridgehead atoms. The molecular formula is C14H14O2. The van der Waals surface area contributed by atoms with Crippen LogP contribution in [0.2, 0.25) is 0 Å². The van der Waals surface area contributed by atoms with Crippen LogP contribution in [0.1, 0.15) is 25.5 Å². The summed E-state index contributed by atoms with van der Waals surface area (Å²) in [6, 6.07) is 14.1. The molecule has 0 spiro atoms. The molecule has 0 aliphatic rings. The lowest BCUT2D eigenvalue weighted by Crippen LogP contribution is -2.05. The van der Waals surface area contributed by atoms with Gasteiger partial charge in [0.1, 0.15) is 6.10 Å². The first-order valence-corrected chi connectivity index (χ1v) is 5.33. The monoisotopic (exact) mass is 214 g/mol. The molecule has 0 radical (unpaired) electrons. The number of benzene rings is 2. The van der Waals surface area contributed by atoms with E-state index in [2.05, 4.69) is 12.1 Å². The van der Waals surface area contributed by atoms with Crippen LogP contribution in [-0.2, 0) is 9.53 Å². The molecule has 0 saturated carbocycles. The standard InChI is InChI=1S/C14H14O2/c1-10(16-11(2)15)13-9-5-7-12-6-3-4-8-14(12)13/h3-10H,1-2H3. The Morgan fingerprint density at radius 3 is 2.56 bits per heavy atom. The molecule has 0 amide bonds. The number of rotatable bonds is 2. The van der Waals surface area contributed by atoms with Crippen LogP contribution >= 0.6 is 0 Å². The highest BCUT2D eigenvalue weighted by Gasteiger charge is 2.11. The summed E-state index contributed by atoms with van der Waals surface area (Å²) in [5.74, 6) is -0.250. The molecule has 0 saturated heterocycles. The fourth-order valence-electron chi connectivity index (χ4n) is 1.92. The van der Waals surface area contributed by atoms with E-state index in [0.29, 0.717) is 0 Å².